The fraction of sp³-hybridized carbons (Fsp3) is 0.333. The number of dihydropyridines is 1. The molecular formula is C30H34ClN3O9S. The van der Waals surface area contributed by atoms with Crippen LogP contribution in [0.3, 0.4) is 0 Å². The van der Waals surface area contributed by atoms with Crippen molar-refractivity contribution in [2.45, 2.75) is 39.5 Å². The molecule has 0 spiro atoms. The number of esters is 3. The number of carbonyl (C=O) groups excluding carboxylic acids is 4. The maximum absolute atomic E-state index is 13.4. The molecular weight excluding hydrogens is 614 g/mol. The number of allylic oxidation sites excluding steroid dienone is 2. The molecule has 1 heterocycles. The maximum Gasteiger partial charge on any atom is 0.337 e. The molecule has 2 N–H and O–H groups in total. The van der Waals surface area contributed by atoms with Crippen LogP contribution in [-0.4, -0.2) is 58.6 Å². The topological polar surface area (TPSA) is 157 Å². The van der Waals surface area contributed by atoms with Crippen LogP contribution in [0, 0.1) is 5.92 Å². The molecule has 2 aromatic carbocycles. The molecule has 0 saturated carbocycles. The SMILES string of the molecule is CCOC(=O)C1=C(C)NC(C)=C(C(=O)OCC)C1C(=O)OCC(=O)Nc1cc(S(=O)(=O)N(CC)c2ccccc2)ccc1Cl. The molecule has 2 aromatic rings. The first-order chi connectivity index (χ1) is 20.9. The van der Waals surface area contributed by atoms with Crippen molar-refractivity contribution < 1.29 is 41.8 Å². The van der Waals surface area contributed by atoms with Crippen LogP contribution in [0.5, 0.6) is 0 Å². The monoisotopic (exact) mass is 647 g/mol. The number of anilines is 2. The normalized spacial score (nSPS) is 13.6. The molecule has 0 bridgehead atoms. The van der Waals surface area contributed by atoms with Crippen molar-refractivity contribution in [3.8, 4) is 0 Å². The minimum Gasteiger partial charge on any atom is -0.463 e. The number of hydrogen-bond acceptors (Lipinski definition) is 10. The first kappa shape index (κ1) is 34.1. The average Bonchev–Trinajstić information content (AvgIpc) is 2.97. The zero-order valence-corrected chi connectivity index (χ0v) is 26.5. The third kappa shape index (κ3) is 7.58. The predicted octanol–water partition coefficient (Wildman–Crippen LogP) is 3.93. The number of hydrogen-bond donors (Lipinski definition) is 2. The van der Waals surface area contributed by atoms with Gasteiger partial charge in [0.1, 0.15) is 5.92 Å². The van der Waals surface area contributed by atoms with E-state index in [9.17, 15) is 27.6 Å². The first-order valence-electron chi connectivity index (χ1n) is 13.7. The van der Waals surface area contributed by atoms with Crippen LogP contribution in [0.4, 0.5) is 11.4 Å². The van der Waals surface area contributed by atoms with Crippen LogP contribution in [0.1, 0.15) is 34.6 Å². The summed E-state index contributed by atoms with van der Waals surface area (Å²) < 4.78 is 43.5. The summed E-state index contributed by atoms with van der Waals surface area (Å²) in [6.45, 7) is 7.24. The molecule has 0 saturated heterocycles. The van der Waals surface area contributed by atoms with E-state index in [1.54, 1.807) is 51.1 Å². The fourth-order valence-electron chi connectivity index (χ4n) is 4.57. The van der Waals surface area contributed by atoms with Gasteiger partial charge in [-0.05, 0) is 65.0 Å². The minimum atomic E-state index is -4.03. The molecule has 14 heteroatoms. The second kappa shape index (κ2) is 14.9. The highest BCUT2D eigenvalue weighted by Gasteiger charge is 2.42. The van der Waals surface area contributed by atoms with Gasteiger partial charge in [-0.3, -0.25) is 13.9 Å². The molecule has 236 valence electrons. The van der Waals surface area contributed by atoms with Crippen LogP contribution < -0.4 is 14.9 Å². The highest BCUT2D eigenvalue weighted by molar-refractivity contribution is 7.92. The molecule has 1 amide bonds. The van der Waals surface area contributed by atoms with Gasteiger partial charge in [0.05, 0.1) is 45.7 Å². The Labute approximate surface area is 261 Å². The number of halogens is 1. The largest absolute Gasteiger partial charge is 0.463 e. The summed E-state index contributed by atoms with van der Waals surface area (Å²) in [4.78, 5) is 51.7. The molecule has 44 heavy (non-hydrogen) atoms. The summed E-state index contributed by atoms with van der Waals surface area (Å²) in [7, 11) is -4.03. The summed E-state index contributed by atoms with van der Waals surface area (Å²) in [5.41, 5.74) is 0.629. The molecule has 0 atom stereocenters. The van der Waals surface area contributed by atoms with Gasteiger partial charge in [-0.1, -0.05) is 29.8 Å². The molecule has 12 nitrogen and oxygen atoms in total. The van der Waals surface area contributed by atoms with Crippen molar-refractivity contribution >= 4 is 56.8 Å². The van der Waals surface area contributed by atoms with Crippen molar-refractivity contribution in [3.05, 3.63) is 76.1 Å². The Morgan fingerprint density at radius 3 is 1.98 bits per heavy atom. The number of nitrogens with one attached hydrogen (secondary N) is 2. The lowest BCUT2D eigenvalue weighted by molar-refractivity contribution is -0.153. The first-order valence-corrected chi connectivity index (χ1v) is 15.6. The Morgan fingerprint density at radius 2 is 1.45 bits per heavy atom. The van der Waals surface area contributed by atoms with E-state index in [-0.39, 0.29) is 57.9 Å². The van der Waals surface area contributed by atoms with Crippen LogP contribution in [0.25, 0.3) is 0 Å². The summed E-state index contributed by atoms with van der Waals surface area (Å²) in [5, 5.41) is 5.38. The van der Waals surface area contributed by atoms with E-state index in [1.165, 1.54) is 36.4 Å². The quantitative estimate of drug-likeness (QED) is 0.255. The lowest BCUT2D eigenvalue weighted by atomic mass is 9.85. The van der Waals surface area contributed by atoms with Crippen molar-refractivity contribution in [1.82, 2.24) is 5.32 Å². The molecule has 3 rings (SSSR count). The summed E-state index contributed by atoms with van der Waals surface area (Å²) >= 11 is 6.25. The number of rotatable bonds is 12. The van der Waals surface area contributed by atoms with Crippen molar-refractivity contribution in [2.75, 3.05) is 36.0 Å². The van der Waals surface area contributed by atoms with E-state index in [1.807, 2.05) is 0 Å². The Morgan fingerprint density at radius 1 is 0.886 bits per heavy atom. The van der Waals surface area contributed by atoms with E-state index in [2.05, 4.69) is 10.6 Å². The van der Waals surface area contributed by atoms with Crippen LogP contribution in [-0.2, 0) is 43.4 Å². The highest BCUT2D eigenvalue weighted by atomic mass is 35.5. The van der Waals surface area contributed by atoms with Gasteiger partial charge in [-0.25, -0.2) is 18.0 Å². The smallest absolute Gasteiger partial charge is 0.337 e. The van der Waals surface area contributed by atoms with Gasteiger partial charge < -0.3 is 24.8 Å². The van der Waals surface area contributed by atoms with Gasteiger partial charge in [-0.15, -0.1) is 0 Å². The van der Waals surface area contributed by atoms with Crippen LogP contribution in [0.2, 0.25) is 5.02 Å². The summed E-state index contributed by atoms with van der Waals surface area (Å²) in [6, 6.07) is 12.3. The van der Waals surface area contributed by atoms with Crippen molar-refractivity contribution in [1.29, 1.82) is 0 Å². The summed E-state index contributed by atoms with van der Waals surface area (Å²) in [5.74, 6) is -5.15. The number of nitrogens with zero attached hydrogens (tertiary/aromatic N) is 1. The lowest BCUT2D eigenvalue weighted by Gasteiger charge is -2.28. The standard InChI is InChI=1S/C30H34ClN3O9S/c1-6-34(20-12-10-9-11-13-20)44(39,40)21-14-15-22(31)23(16-21)33-24(35)17-43-30(38)27-25(28(36)41-7-2)18(4)32-19(5)26(27)29(37)42-8-3/h9-16,27,32H,6-8,17H2,1-5H3,(H,33,35). The van der Waals surface area contributed by atoms with Gasteiger partial charge in [0.2, 0.25) is 0 Å². The van der Waals surface area contributed by atoms with E-state index < -0.39 is 46.4 Å². The van der Waals surface area contributed by atoms with Gasteiger partial charge in [0.25, 0.3) is 15.9 Å². The Bertz CT molecular complexity index is 1560. The Balaban J connectivity index is 1.83. The van der Waals surface area contributed by atoms with Crippen molar-refractivity contribution in [2.24, 2.45) is 5.92 Å². The number of para-hydroxylation sites is 1. The summed E-state index contributed by atoms with van der Waals surface area (Å²) in [6.07, 6.45) is 0. The van der Waals surface area contributed by atoms with Crippen LogP contribution in [0.15, 0.2) is 76.0 Å². The Hall–Kier alpha value is -4.36. The zero-order chi connectivity index (χ0) is 32.6. The van der Waals surface area contributed by atoms with Crippen LogP contribution >= 0.6 is 11.6 Å². The second-order valence-corrected chi connectivity index (χ2v) is 11.6. The van der Waals surface area contributed by atoms with E-state index in [4.69, 9.17) is 25.8 Å². The molecule has 0 aromatic heterocycles. The lowest BCUT2D eigenvalue weighted by Crippen LogP contribution is -2.39. The fourth-order valence-corrected chi connectivity index (χ4v) is 6.23. The molecule has 0 fully saturated rings. The molecule has 1 aliphatic rings. The predicted molar refractivity (Wildman–Crippen MR) is 163 cm³/mol. The zero-order valence-electron chi connectivity index (χ0n) is 24.9. The number of benzene rings is 2. The maximum atomic E-state index is 13.4. The number of carbonyl (C=O) groups is 4. The molecule has 0 aliphatic carbocycles. The number of amides is 1. The third-order valence-electron chi connectivity index (χ3n) is 6.46. The van der Waals surface area contributed by atoms with Gasteiger partial charge in [0, 0.05) is 17.9 Å². The third-order valence-corrected chi connectivity index (χ3v) is 8.69. The number of ether oxygens (including phenoxy) is 3. The van der Waals surface area contributed by atoms with Gasteiger partial charge >= 0.3 is 17.9 Å². The molecule has 0 radical (unpaired) electrons. The second-order valence-electron chi connectivity index (χ2n) is 9.38. The van der Waals surface area contributed by atoms with E-state index in [0.717, 1.165) is 0 Å². The van der Waals surface area contributed by atoms with Gasteiger partial charge in [0.15, 0.2) is 6.61 Å². The van der Waals surface area contributed by atoms with Crippen molar-refractivity contribution in [3.63, 3.8) is 0 Å². The van der Waals surface area contributed by atoms with E-state index >= 15 is 0 Å². The molecule has 1 aliphatic heterocycles. The molecule has 0 unspecified atom stereocenters. The Kier molecular flexibility index (Phi) is 11.5. The highest BCUT2D eigenvalue weighted by Crippen LogP contribution is 2.33. The van der Waals surface area contributed by atoms with E-state index in [0.29, 0.717) is 5.69 Å². The van der Waals surface area contributed by atoms with Gasteiger partial charge in [-0.2, -0.15) is 0 Å². The number of sulfonamides is 1. The minimum absolute atomic E-state index is 0.00807. The average molecular weight is 648 g/mol.